The molecule has 0 spiro atoms. The summed E-state index contributed by atoms with van der Waals surface area (Å²) in [6.07, 6.45) is 6.12. The number of aromatic nitrogens is 4. The number of imidazole rings is 1. The van der Waals surface area contributed by atoms with Crippen LogP contribution < -0.4 is 0 Å². The molecule has 1 aliphatic heterocycles. The minimum absolute atomic E-state index is 0. The molecule has 29 heavy (non-hydrogen) atoms. The Labute approximate surface area is 187 Å². The zero-order valence-electron chi connectivity index (χ0n) is 16.3. The van der Waals surface area contributed by atoms with Crippen LogP contribution in [0.4, 0.5) is 0 Å². The summed E-state index contributed by atoms with van der Waals surface area (Å²) in [5.41, 5.74) is 1.72. The van der Waals surface area contributed by atoms with Crippen LogP contribution in [0.15, 0.2) is 36.7 Å². The summed E-state index contributed by atoms with van der Waals surface area (Å²) < 4.78 is 3.72. The molecule has 0 unspecified atom stereocenters. The maximum Gasteiger partial charge on any atom is 0.200 e. The van der Waals surface area contributed by atoms with Gasteiger partial charge in [0.15, 0.2) is 5.78 Å². The molecule has 3 aromatic rings. The lowest BCUT2D eigenvalue weighted by Gasteiger charge is -2.16. The minimum Gasteiger partial charge on any atom is -0.296 e. The predicted octanol–water partition coefficient (Wildman–Crippen LogP) is 4.24. The van der Waals surface area contributed by atoms with Crippen molar-refractivity contribution in [3.05, 3.63) is 64.3 Å². The number of carbonyl (C=O) groups is 1. The first-order valence-corrected chi connectivity index (χ1v) is 9.52. The first-order chi connectivity index (χ1) is 13.1. The SMILES string of the molecule is Cc1nn(C)c(-n2ccnc2CN2CCCC2)c1C(=O)c1ccccc1Cl.Cl.Cl. The molecular weight excluding hydrogens is 433 g/mol. The van der Waals surface area contributed by atoms with Crippen LogP contribution in [0.3, 0.4) is 0 Å². The molecule has 9 heteroatoms. The van der Waals surface area contributed by atoms with E-state index in [0.29, 0.717) is 21.8 Å². The minimum atomic E-state index is -0.123. The van der Waals surface area contributed by atoms with Crippen molar-refractivity contribution in [1.82, 2.24) is 24.2 Å². The van der Waals surface area contributed by atoms with Gasteiger partial charge in [-0.05, 0) is 45.0 Å². The van der Waals surface area contributed by atoms with Gasteiger partial charge >= 0.3 is 0 Å². The Balaban J connectivity index is 0.00000150. The second-order valence-corrected chi connectivity index (χ2v) is 7.32. The highest BCUT2D eigenvalue weighted by Gasteiger charge is 2.26. The fraction of sp³-hybridized carbons (Fsp3) is 0.350. The Morgan fingerprint density at radius 2 is 1.86 bits per heavy atom. The number of hydrogen-bond donors (Lipinski definition) is 0. The number of likely N-dealkylation sites (tertiary alicyclic amines) is 1. The summed E-state index contributed by atoms with van der Waals surface area (Å²) in [6.45, 7) is 4.78. The highest BCUT2D eigenvalue weighted by atomic mass is 35.5. The number of hydrogen-bond acceptors (Lipinski definition) is 4. The summed E-state index contributed by atoms with van der Waals surface area (Å²) >= 11 is 6.28. The van der Waals surface area contributed by atoms with E-state index in [1.807, 2.05) is 36.9 Å². The molecule has 0 bridgehead atoms. The standard InChI is InChI=1S/C20H22ClN5O.2ClH/c1-14-18(19(27)15-7-3-4-8-16(15)21)20(24(2)23-14)26-12-9-22-17(26)13-25-10-5-6-11-25;;/h3-4,7-9,12H,5-6,10-11,13H2,1-2H3;2*1H. The van der Waals surface area contributed by atoms with Crippen molar-refractivity contribution in [3.63, 3.8) is 0 Å². The first-order valence-electron chi connectivity index (χ1n) is 9.14. The van der Waals surface area contributed by atoms with Crippen molar-refractivity contribution < 1.29 is 4.79 Å². The third-order valence-corrected chi connectivity index (χ3v) is 5.38. The Morgan fingerprint density at radius 3 is 2.55 bits per heavy atom. The largest absolute Gasteiger partial charge is 0.296 e. The fourth-order valence-electron chi connectivity index (χ4n) is 3.75. The van der Waals surface area contributed by atoms with Gasteiger partial charge in [-0.15, -0.1) is 24.8 Å². The predicted molar refractivity (Wildman–Crippen MR) is 119 cm³/mol. The summed E-state index contributed by atoms with van der Waals surface area (Å²) in [4.78, 5) is 20.2. The third-order valence-electron chi connectivity index (χ3n) is 5.05. The van der Waals surface area contributed by atoms with Crippen molar-refractivity contribution in [2.24, 2.45) is 7.05 Å². The molecule has 3 heterocycles. The molecule has 0 atom stereocenters. The smallest absolute Gasteiger partial charge is 0.200 e. The van der Waals surface area contributed by atoms with Gasteiger partial charge in [0, 0.05) is 25.0 Å². The number of benzene rings is 1. The lowest BCUT2D eigenvalue weighted by atomic mass is 10.0. The molecule has 4 rings (SSSR count). The Hall–Kier alpha value is -1.86. The quantitative estimate of drug-likeness (QED) is 0.539. The number of ketones is 1. The number of aryl methyl sites for hydroxylation is 2. The Bertz CT molecular complexity index is 992. The van der Waals surface area contributed by atoms with Gasteiger partial charge in [0.1, 0.15) is 11.6 Å². The number of carbonyl (C=O) groups excluding carboxylic acids is 1. The molecule has 0 radical (unpaired) electrons. The van der Waals surface area contributed by atoms with E-state index < -0.39 is 0 Å². The van der Waals surface area contributed by atoms with E-state index in [1.165, 1.54) is 12.8 Å². The monoisotopic (exact) mass is 455 g/mol. The molecule has 6 nitrogen and oxygen atoms in total. The third kappa shape index (κ3) is 4.51. The molecule has 0 aliphatic carbocycles. The van der Waals surface area contributed by atoms with E-state index in [2.05, 4.69) is 15.0 Å². The number of nitrogens with zero attached hydrogens (tertiary/aromatic N) is 5. The van der Waals surface area contributed by atoms with Gasteiger partial charge in [0.2, 0.25) is 0 Å². The highest BCUT2D eigenvalue weighted by molar-refractivity contribution is 6.35. The van der Waals surface area contributed by atoms with Crippen LogP contribution in [0.1, 0.15) is 40.3 Å². The van der Waals surface area contributed by atoms with Crippen molar-refractivity contribution >= 4 is 42.2 Å². The summed E-state index contributed by atoms with van der Waals surface area (Å²) in [6, 6.07) is 7.12. The maximum atomic E-state index is 13.3. The highest BCUT2D eigenvalue weighted by Crippen LogP contribution is 2.26. The van der Waals surface area contributed by atoms with E-state index in [0.717, 1.165) is 31.3 Å². The van der Waals surface area contributed by atoms with Gasteiger partial charge in [-0.2, -0.15) is 5.10 Å². The van der Waals surface area contributed by atoms with Crippen LogP contribution in [-0.2, 0) is 13.6 Å². The topological polar surface area (TPSA) is 56.0 Å². The summed E-state index contributed by atoms with van der Waals surface area (Å²) in [7, 11) is 1.85. The second-order valence-electron chi connectivity index (χ2n) is 6.91. The number of rotatable bonds is 5. The van der Waals surface area contributed by atoms with Gasteiger partial charge in [0.25, 0.3) is 0 Å². The van der Waals surface area contributed by atoms with Crippen molar-refractivity contribution in [1.29, 1.82) is 0 Å². The van der Waals surface area contributed by atoms with Gasteiger partial charge in [-0.1, -0.05) is 23.7 Å². The molecule has 2 aromatic heterocycles. The zero-order valence-corrected chi connectivity index (χ0v) is 18.7. The van der Waals surface area contributed by atoms with E-state index >= 15 is 0 Å². The average Bonchev–Trinajstić information content (AvgIpc) is 3.36. The molecule has 0 saturated carbocycles. The van der Waals surface area contributed by atoms with Crippen LogP contribution in [0.5, 0.6) is 0 Å². The van der Waals surface area contributed by atoms with Crippen LogP contribution in [-0.4, -0.2) is 43.1 Å². The lowest BCUT2D eigenvalue weighted by Crippen LogP contribution is -2.22. The van der Waals surface area contributed by atoms with Gasteiger partial charge in [0.05, 0.1) is 22.8 Å². The number of halogens is 3. The van der Waals surface area contributed by atoms with Crippen LogP contribution in [0.25, 0.3) is 5.82 Å². The molecule has 1 aromatic carbocycles. The van der Waals surface area contributed by atoms with E-state index in [9.17, 15) is 4.79 Å². The molecule has 1 saturated heterocycles. The molecule has 1 fully saturated rings. The normalized spacial score (nSPS) is 13.8. The molecule has 0 amide bonds. The summed E-state index contributed by atoms with van der Waals surface area (Å²) in [5.74, 6) is 1.51. The summed E-state index contributed by atoms with van der Waals surface area (Å²) in [5, 5.41) is 4.95. The first kappa shape index (κ1) is 23.4. The second kappa shape index (κ2) is 9.76. The van der Waals surface area contributed by atoms with Crippen LogP contribution in [0, 0.1) is 6.92 Å². The van der Waals surface area contributed by atoms with Crippen LogP contribution in [0.2, 0.25) is 5.02 Å². The average molecular weight is 457 g/mol. The van der Waals surface area contributed by atoms with Crippen molar-refractivity contribution in [2.45, 2.75) is 26.3 Å². The van der Waals surface area contributed by atoms with Crippen LogP contribution >= 0.6 is 36.4 Å². The molecule has 0 N–H and O–H groups in total. The molecular formula is C20H24Cl3N5O. The van der Waals surface area contributed by atoms with E-state index in [1.54, 1.807) is 23.0 Å². The molecule has 156 valence electrons. The Kier molecular flexibility index (Phi) is 7.88. The van der Waals surface area contributed by atoms with Gasteiger partial charge in [-0.25, -0.2) is 4.98 Å². The van der Waals surface area contributed by atoms with E-state index in [-0.39, 0.29) is 30.6 Å². The van der Waals surface area contributed by atoms with E-state index in [4.69, 9.17) is 11.6 Å². The van der Waals surface area contributed by atoms with Gasteiger partial charge < -0.3 is 0 Å². The van der Waals surface area contributed by atoms with Gasteiger partial charge in [-0.3, -0.25) is 18.9 Å². The fourth-order valence-corrected chi connectivity index (χ4v) is 3.97. The van der Waals surface area contributed by atoms with Crippen molar-refractivity contribution in [2.75, 3.05) is 13.1 Å². The maximum absolute atomic E-state index is 13.3. The molecule has 1 aliphatic rings. The zero-order chi connectivity index (χ0) is 19.0. The van der Waals surface area contributed by atoms with Crippen molar-refractivity contribution in [3.8, 4) is 5.82 Å². The lowest BCUT2D eigenvalue weighted by molar-refractivity contribution is 0.103. The Morgan fingerprint density at radius 1 is 1.17 bits per heavy atom.